The highest BCUT2D eigenvalue weighted by Gasteiger charge is 2.20. The second-order valence-corrected chi connectivity index (χ2v) is 4.89. The second kappa shape index (κ2) is 8.33. The van der Waals surface area contributed by atoms with Gasteiger partial charge in [0.1, 0.15) is 0 Å². The summed E-state index contributed by atoms with van der Waals surface area (Å²) in [6, 6.07) is -0.649. The molecule has 0 aliphatic carbocycles. The summed E-state index contributed by atoms with van der Waals surface area (Å²) in [7, 11) is 7.70. The molecular weight excluding hydrogens is 218 g/mol. The van der Waals surface area contributed by atoms with Crippen LogP contribution in [0.25, 0.3) is 0 Å². The molecule has 0 aromatic carbocycles. The van der Waals surface area contributed by atoms with E-state index in [1.165, 1.54) is 0 Å². The smallest absolute Gasteiger partial charge is 0.215 e. The predicted octanol–water partition coefficient (Wildman–Crippen LogP) is -0.255. The van der Waals surface area contributed by atoms with Crippen molar-refractivity contribution in [3.05, 3.63) is 0 Å². The van der Waals surface area contributed by atoms with Crippen LogP contribution in [0.3, 0.4) is 0 Å². The van der Waals surface area contributed by atoms with E-state index in [1.807, 2.05) is 38.0 Å². The molecule has 100 valence electrons. The van der Waals surface area contributed by atoms with Gasteiger partial charge in [0.2, 0.25) is 5.78 Å². The molecule has 17 heavy (non-hydrogen) atoms. The standard InChI is InChI=1S/C12H25N3O2/c1-14(2)8-5-6-11(16)12(17)10(13)7-9-15(3)4/h10H,5-9,13H2,1-4H3. The Morgan fingerprint density at radius 1 is 1.06 bits per heavy atom. The maximum Gasteiger partial charge on any atom is 0.215 e. The van der Waals surface area contributed by atoms with Crippen LogP contribution in [-0.4, -0.2) is 68.7 Å². The van der Waals surface area contributed by atoms with E-state index in [1.54, 1.807) is 0 Å². The van der Waals surface area contributed by atoms with Crippen LogP contribution in [0, 0.1) is 0 Å². The number of Topliss-reactive ketones (excluding diaryl/α,β-unsaturated/α-hetero) is 2. The van der Waals surface area contributed by atoms with E-state index in [4.69, 9.17) is 5.73 Å². The van der Waals surface area contributed by atoms with Crippen LogP contribution in [0.2, 0.25) is 0 Å². The van der Waals surface area contributed by atoms with Crippen molar-refractivity contribution in [3.8, 4) is 0 Å². The molecule has 0 spiro atoms. The number of nitrogens with zero attached hydrogens (tertiary/aromatic N) is 2. The van der Waals surface area contributed by atoms with E-state index in [0.717, 1.165) is 13.1 Å². The van der Waals surface area contributed by atoms with Crippen molar-refractivity contribution < 1.29 is 9.59 Å². The van der Waals surface area contributed by atoms with Gasteiger partial charge < -0.3 is 15.5 Å². The third-order valence-electron chi connectivity index (χ3n) is 2.51. The molecule has 5 heteroatoms. The minimum atomic E-state index is -0.649. The highest BCUT2D eigenvalue weighted by molar-refractivity contribution is 6.39. The lowest BCUT2D eigenvalue weighted by Gasteiger charge is -2.14. The first kappa shape index (κ1) is 16.2. The average molecular weight is 243 g/mol. The molecule has 0 aromatic rings. The molecule has 0 amide bonds. The molecule has 1 atom stereocenters. The van der Waals surface area contributed by atoms with Crippen molar-refractivity contribution in [2.45, 2.75) is 25.3 Å². The molecule has 0 saturated carbocycles. The summed E-state index contributed by atoms with van der Waals surface area (Å²) in [4.78, 5) is 27.1. The van der Waals surface area contributed by atoms with Gasteiger partial charge in [0.25, 0.3) is 0 Å². The second-order valence-electron chi connectivity index (χ2n) is 4.89. The van der Waals surface area contributed by atoms with E-state index in [0.29, 0.717) is 19.3 Å². The monoisotopic (exact) mass is 243 g/mol. The van der Waals surface area contributed by atoms with Crippen molar-refractivity contribution in [1.82, 2.24) is 9.80 Å². The van der Waals surface area contributed by atoms with Crippen LogP contribution in [0.1, 0.15) is 19.3 Å². The molecule has 0 aromatic heterocycles. The third-order valence-corrected chi connectivity index (χ3v) is 2.51. The van der Waals surface area contributed by atoms with Crippen LogP contribution in [0.4, 0.5) is 0 Å². The van der Waals surface area contributed by atoms with Gasteiger partial charge in [0.15, 0.2) is 5.78 Å². The molecule has 0 bridgehead atoms. The van der Waals surface area contributed by atoms with Crippen molar-refractivity contribution >= 4 is 11.6 Å². The fraction of sp³-hybridized carbons (Fsp3) is 0.833. The van der Waals surface area contributed by atoms with Crippen LogP contribution < -0.4 is 5.73 Å². The van der Waals surface area contributed by atoms with Gasteiger partial charge in [0, 0.05) is 6.42 Å². The maximum absolute atomic E-state index is 11.6. The first-order valence-electron chi connectivity index (χ1n) is 5.96. The Bertz CT molecular complexity index is 252. The summed E-state index contributed by atoms with van der Waals surface area (Å²) in [5.41, 5.74) is 5.69. The molecule has 0 saturated heterocycles. The van der Waals surface area contributed by atoms with E-state index in [9.17, 15) is 9.59 Å². The molecule has 5 nitrogen and oxygen atoms in total. The van der Waals surface area contributed by atoms with Gasteiger partial charge in [-0.05, 0) is 54.1 Å². The van der Waals surface area contributed by atoms with Crippen LogP contribution in [0.15, 0.2) is 0 Å². The minimum Gasteiger partial charge on any atom is -0.321 e. The lowest BCUT2D eigenvalue weighted by atomic mass is 10.0. The Morgan fingerprint density at radius 2 is 1.59 bits per heavy atom. The predicted molar refractivity (Wildman–Crippen MR) is 68.9 cm³/mol. The quantitative estimate of drug-likeness (QED) is 0.565. The number of hydrogen-bond donors (Lipinski definition) is 1. The van der Waals surface area contributed by atoms with Crippen molar-refractivity contribution in [3.63, 3.8) is 0 Å². The fourth-order valence-electron chi connectivity index (χ4n) is 1.41. The molecule has 0 fully saturated rings. The summed E-state index contributed by atoms with van der Waals surface area (Å²) in [6.07, 6.45) is 1.54. The highest BCUT2D eigenvalue weighted by Crippen LogP contribution is 1.99. The number of ketones is 2. The number of carbonyl (C=O) groups is 2. The zero-order valence-corrected chi connectivity index (χ0v) is 11.4. The molecule has 0 aliphatic heterocycles. The van der Waals surface area contributed by atoms with Gasteiger partial charge in [-0.1, -0.05) is 0 Å². The lowest BCUT2D eigenvalue weighted by Crippen LogP contribution is -2.38. The number of carbonyl (C=O) groups excluding carboxylic acids is 2. The Hall–Kier alpha value is -0.780. The first-order valence-corrected chi connectivity index (χ1v) is 5.96. The molecule has 0 rings (SSSR count). The van der Waals surface area contributed by atoms with Crippen molar-refractivity contribution in [1.29, 1.82) is 0 Å². The van der Waals surface area contributed by atoms with Crippen LogP contribution in [-0.2, 0) is 9.59 Å². The number of hydrogen-bond acceptors (Lipinski definition) is 5. The van der Waals surface area contributed by atoms with Gasteiger partial charge in [0.05, 0.1) is 6.04 Å². The van der Waals surface area contributed by atoms with E-state index in [-0.39, 0.29) is 5.78 Å². The fourth-order valence-corrected chi connectivity index (χ4v) is 1.41. The van der Waals surface area contributed by atoms with Gasteiger partial charge in [-0.25, -0.2) is 0 Å². The van der Waals surface area contributed by atoms with Crippen molar-refractivity contribution in [2.24, 2.45) is 5.73 Å². The van der Waals surface area contributed by atoms with Gasteiger partial charge >= 0.3 is 0 Å². The van der Waals surface area contributed by atoms with E-state index in [2.05, 4.69) is 0 Å². The molecule has 0 aliphatic rings. The van der Waals surface area contributed by atoms with Gasteiger partial charge in [-0.2, -0.15) is 0 Å². The highest BCUT2D eigenvalue weighted by atomic mass is 16.2. The van der Waals surface area contributed by atoms with Gasteiger partial charge in [-0.15, -0.1) is 0 Å². The summed E-state index contributed by atoms with van der Waals surface area (Å²) in [5.74, 6) is -0.760. The molecule has 1 unspecified atom stereocenters. The van der Waals surface area contributed by atoms with Crippen LogP contribution in [0.5, 0.6) is 0 Å². The Morgan fingerprint density at radius 3 is 2.06 bits per heavy atom. The summed E-state index contributed by atoms with van der Waals surface area (Å²) in [5, 5.41) is 0. The van der Waals surface area contributed by atoms with E-state index < -0.39 is 11.8 Å². The Kier molecular flexibility index (Phi) is 7.95. The average Bonchev–Trinajstić information content (AvgIpc) is 2.24. The molecule has 0 heterocycles. The largest absolute Gasteiger partial charge is 0.321 e. The minimum absolute atomic E-state index is 0.298. The first-order chi connectivity index (χ1) is 7.84. The molecular formula is C12H25N3O2. The maximum atomic E-state index is 11.6. The molecule has 2 N–H and O–H groups in total. The molecule has 0 radical (unpaired) electrons. The number of nitrogens with two attached hydrogens (primary N) is 1. The topological polar surface area (TPSA) is 66.6 Å². The zero-order valence-electron chi connectivity index (χ0n) is 11.4. The van der Waals surface area contributed by atoms with E-state index >= 15 is 0 Å². The number of rotatable bonds is 9. The zero-order chi connectivity index (χ0) is 13.4. The SMILES string of the molecule is CN(C)CCCC(=O)C(=O)C(N)CCN(C)C. The Labute approximate surface area is 104 Å². The summed E-state index contributed by atoms with van der Waals surface area (Å²) in [6.45, 7) is 1.53. The summed E-state index contributed by atoms with van der Waals surface area (Å²) < 4.78 is 0. The third kappa shape index (κ3) is 8.01. The Balaban J connectivity index is 3.91. The normalized spacial score (nSPS) is 13.1. The summed E-state index contributed by atoms with van der Waals surface area (Å²) >= 11 is 0. The van der Waals surface area contributed by atoms with Crippen LogP contribution >= 0.6 is 0 Å². The van der Waals surface area contributed by atoms with Gasteiger partial charge in [-0.3, -0.25) is 9.59 Å². The lowest BCUT2D eigenvalue weighted by molar-refractivity contribution is -0.137. The van der Waals surface area contributed by atoms with Crippen molar-refractivity contribution in [2.75, 3.05) is 41.3 Å².